The number of pyridine rings is 2. The van der Waals surface area contributed by atoms with Gasteiger partial charge in [-0.05, 0) is 43.2 Å². The van der Waals surface area contributed by atoms with E-state index in [-0.39, 0.29) is 6.61 Å². The van der Waals surface area contributed by atoms with E-state index in [1.807, 2.05) is 60.7 Å². The Bertz CT molecular complexity index is 1220. The third-order valence-corrected chi connectivity index (χ3v) is 6.30. The Morgan fingerprint density at radius 1 is 0.938 bits per heavy atom. The van der Waals surface area contributed by atoms with E-state index in [9.17, 15) is 10.2 Å². The highest BCUT2D eigenvalue weighted by Crippen LogP contribution is 2.33. The summed E-state index contributed by atoms with van der Waals surface area (Å²) in [6.07, 6.45) is 4.15. The maximum absolute atomic E-state index is 11.2. The quantitative estimate of drug-likeness (QED) is 0.488. The third kappa shape index (κ3) is 4.43. The van der Waals surface area contributed by atoms with Gasteiger partial charge in [0.1, 0.15) is 18.5 Å². The van der Waals surface area contributed by atoms with Gasteiger partial charge in [-0.15, -0.1) is 0 Å². The number of ether oxygens (including phenoxy) is 1. The van der Waals surface area contributed by atoms with Crippen molar-refractivity contribution in [1.29, 1.82) is 0 Å². The van der Waals surface area contributed by atoms with Gasteiger partial charge in [-0.25, -0.2) is 0 Å². The SMILES string of the molecule is O[C@H](COc1ccc2cccnc2c1)CN1CCC(O)(c2cnc3ccccc3c2)CC1. The highest BCUT2D eigenvalue weighted by atomic mass is 16.5. The number of aromatic nitrogens is 2. The molecule has 2 aromatic carbocycles. The van der Waals surface area contributed by atoms with Crippen molar-refractivity contribution >= 4 is 21.8 Å². The normalized spacial score (nSPS) is 17.4. The molecule has 1 aliphatic rings. The molecular formula is C26H27N3O3. The van der Waals surface area contributed by atoms with Crippen molar-refractivity contribution in [3.8, 4) is 5.75 Å². The van der Waals surface area contributed by atoms with E-state index in [1.165, 1.54) is 0 Å². The molecule has 0 aliphatic carbocycles. The van der Waals surface area contributed by atoms with Crippen LogP contribution in [0.5, 0.6) is 5.75 Å². The molecule has 5 rings (SSSR count). The number of β-amino-alcohol motifs (C(OH)–C–C–N with tert-alkyl or cyclic N) is 1. The number of para-hydroxylation sites is 1. The Balaban J connectivity index is 1.15. The van der Waals surface area contributed by atoms with Crippen LogP contribution < -0.4 is 4.74 Å². The molecule has 4 aromatic rings. The number of rotatable bonds is 6. The minimum absolute atomic E-state index is 0.216. The predicted molar refractivity (Wildman–Crippen MR) is 125 cm³/mol. The van der Waals surface area contributed by atoms with Gasteiger partial charge in [-0.3, -0.25) is 9.97 Å². The Morgan fingerprint density at radius 3 is 2.62 bits per heavy atom. The van der Waals surface area contributed by atoms with Crippen LogP contribution in [-0.2, 0) is 5.60 Å². The van der Waals surface area contributed by atoms with Crippen molar-refractivity contribution in [3.05, 3.63) is 78.6 Å². The number of nitrogens with zero attached hydrogens (tertiary/aromatic N) is 3. The van der Waals surface area contributed by atoms with Crippen LogP contribution in [-0.4, -0.2) is 57.4 Å². The molecule has 6 nitrogen and oxygen atoms in total. The molecular weight excluding hydrogens is 402 g/mol. The highest BCUT2D eigenvalue weighted by molar-refractivity contribution is 5.80. The van der Waals surface area contributed by atoms with Crippen LogP contribution in [0.3, 0.4) is 0 Å². The van der Waals surface area contributed by atoms with Gasteiger partial charge < -0.3 is 19.8 Å². The van der Waals surface area contributed by atoms with Crippen LogP contribution in [0.15, 0.2) is 73.1 Å². The fraction of sp³-hybridized carbons (Fsp3) is 0.308. The smallest absolute Gasteiger partial charge is 0.121 e. The van der Waals surface area contributed by atoms with E-state index < -0.39 is 11.7 Å². The lowest BCUT2D eigenvalue weighted by Crippen LogP contribution is -2.46. The molecule has 0 amide bonds. The van der Waals surface area contributed by atoms with Crippen LogP contribution in [0.25, 0.3) is 21.8 Å². The summed E-state index contributed by atoms with van der Waals surface area (Å²) in [5, 5.41) is 23.8. The second kappa shape index (κ2) is 8.82. The van der Waals surface area contributed by atoms with Gasteiger partial charge in [0, 0.05) is 54.4 Å². The summed E-state index contributed by atoms with van der Waals surface area (Å²) in [7, 11) is 0. The van der Waals surface area contributed by atoms with Crippen LogP contribution in [0, 0.1) is 0 Å². The molecule has 2 N–H and O–H groups in total. The number of benzene rings is 2. The monoisotopic (exact) mass is 429 g/mol. The second-order valence-corrected chi connectivity index (χ2v) is 8.57. The van der Waals surface area contributed by atoms with Gasteiger partial charge in [0.25, 0.3) is 0 Å². The molecule has 1 fully saturated rings. The molecule has 0 radical (unpaired) electrons. The Labute approximate surface area is 187 Å². The minimum atomic E-state index is -0.882. The van der Waals surface area contributed by atoms with Crippen molar-refractivity contribution < 1.29 is 14.9 Å². The number of fused-ring (bicyclic) bond motifs is 2. The van der Waals surface area contributed by atoms with E-state index in [0.717, 1.165) is 27.4 Å². The molecule has 0 unspecified atom stereocenters. The summed E-state index contributed by atoms with van der Waals surface area (Å²) in [6.45, 7) is 2.14. The molecule has 1 saturated heterocycles. The number of aliphatic hydroxyl groups excluding tert-OH is 1. The zero-order valence-corrected chi connectivity index (χ0v) is 17.9. The van der Waals surface area contributed by atoms with Gasteiger partial charge in [0.15, 0.2) is 0 Å². The lowest BCUT2D eigenvalue weighted by molar-refractivity contribution is -0.0373. The number of likely N-dealkylation sites (tertiary alicyclic amines) is 1. The van der Waals surface area contributed by atoms with E-state index in [2.05, 4.69) is 14.9 Å². The topological polar surface area (TPSA) is 78.7 Å². The van der Waals surface area contributed by atoms with Crippen LogP contribution in [0.1, 0.15) is 18.4 Å². The standard InChI is InChI=1S/C26H27N3O3/c30-22(18-32-23-8-7-19-5-3-11-27-25(19)15-23)17-29-12-9-26(31,10-13-29)21-14-20-4-1-2-6-24(20)28-16-21/h1-8,11,14-16,22,30-31H,9-10,12-13,17-18H2/t22-/m0/s1. The van der Waals surface area contributed by atoms with Crippen molar-refractivity contribution in [2.45, 2.75) is 24.5 Å². The molecule has 0 spiro atoms. The minimum Gasteiger partial charge on any atom is -0.491 e. The first-order valence-electron chi connectivity index (χ1n) is 11.0. The van der Waals surface area contributed by atoms with Crippen molar-refractivity contribution in [2.75, 3.05) is 26.2 Å². The number of hydrogen-bond acceptors (Lipinski definition) is 6. The lowest BCUT2D eigenvalue weighted by atomic mass is 9.84. The van der Waals surface area contributed by atoms with E-state index in [1.54, 1.807) is 12.4 Å². The van der Waals surface area contributed by atoms with E-state index in [4.69, 9.17) is 4.74 Å². The zero-order valence-electron chi connectivity index (χ0n) is 17.9. The van der Waals surface area contributed by atoms with Gasteiger partial charge in [-0.1, -0.05) is 24.3 Å². The number of piperidine rings is 1. The number of aliphatic hydroxyl groups is 2. The lowest BCUT2D eigenvalue weighted by Gasteiger charge is -2.39. The zero-order chi connectivity index (χ0) is 22.0. The highest BCUT2D eigenvalue weighted by Gasteiger charge is 2.34. The second-order valence-electron chi connectivity index (χ2n) is 8.57. The maximum atomic E-state index is 11.2. The molecule has 0 saturated carbocycles. The molecule has 0 bridgehead atoms. The first-order chi connectivity index (χ1) is 15.6. The Kier molecular flexibility index (Phi) is 5.74. The average molecular weight is 430 g/mol. The third-order valence-electron chi connectivity index (χ3n) is 6.30. The molecule has 164 valence electrons. The fourth-order valence-corrected chi connectivity index (χ4v) is 4.40. The van der Waals surface area contributed by atoms with Gasteiger partial charge in [0.05, 0.1) is 16.6 Å². The molecule has 1 aliphatic heterocycles. The summed E-state index contributed by atoms with van der Waals surface area (Å²) in [5.74, 6) is 0.701. The largest absolute Gasteiger partial charge is 0.491 e. The molecule has 3 heterocycles. The van der Waals surface area contributed by atoms with E-state index >= 15 is 0 Å². The van der Waals surface area contributed by atoms with Gasteiger partial charge in [0.2, 0.25) is 0 Å². The van der Waals surface area contributed by atoms with Crippen molar-refractivity contribution in [3.63, 3.8) is 0 Å². The molecule has 6 heteroatoms. The first kappa shape index (κ1) is 20.8. The summed E-state index contributed by atoms with van der Waals surface area (Å²) < 4.78 is 5.79. The fourth-order valence-electron chi connectivity index (χ4n) is 4.40. The summed E-state index contributed by atoms with van der Waals surface area (Å²) in [4.78, 5) is 11.0. The predicted octanol–water partition coefficient (Wildman–Crippen LogP) is 3.51. The maximum Gasteiger partial charge on any atom is 0.121 e. The molecule has 2 aromatic heterocycles. The van der Waals surface area contributed by atoms with Crippen LogP contribution in [0.2, 0.25) is 0 Å². The Morgan fingerprint density at radius 2 is 1.75 bits per heavy atom. The summed E-state index contributed by atoms with van der Waals surface area (Å²) >= 11 is 0. The average Bonchev–Trinajstić information content (AvgIpc) is 2.84. The van der Waals surface area contributed by atoms with E-state index in [0.29, 0.717) is 38.2 Å². The number of hydrogen-bond donors (Lipinski definition) is 2. The van der Waals surface area contributed by atoms with Crippen molar-refractivity contribution in [1.82, 2.24) is 14.9 Å². The summed E-state index contributed by atoms with van der Waals surface area (Å²) in [5.41, 5.74) is 1.79. The Hall–Kier alpha value is -3.06. The van der Waals surface area contributed by atoms with Crippen LogP contribution in [0.4, 0.5) is 0 Å². The molecule has 1 atom stereocenters. The summed E-state index contributed by atoms with van der Waals surface area (Å²) in [6, 6.07) is 19.7. The first-order valence-corrected chi connectivity index (χ1v) is 11.0. The van der Waals surface area contributed by atoms with Crippen molar-refractivity contribution in [2.24, 2.45) is 0 Å². The van der Waals surface area contributed by atoms with Gasteiger partial charge >= 0.3 is 0 Å². The van der Waals surface area contributed by atoms with Crippen LogP contribution >= 0.6 is 0 Å². The molecule has 32 heavy (non-hydrogen) atoms. The van der Waals surface area contributed by atoms with Gasteiger partial charge in [-0.2, -0.15) is 0 Å².